The average Bonchev–Trinajstić information content (AvgIpc) is 3.20. The zero-order chi connectivity index (χ0) is 23.0. The molecule has 1 heterocycles. The predicted octanol–water partition coefficient (Wildman–Crippen LogP) is 5.08. The number of hydrogen-bond donors (Lipinski definition) is 1. The second kappa shape index (κ2) is 10.8. The van der Waals surface area contributed by atoms with Crippen LogP contribution < -0.4 is 10.1 Å². The standard InChI is InChI=1S/C25H23FN4O2S/c1-18-7-5-6-10-22(18)32-16-23-28-29-25(30(23)15-19-8-3-2-4-9-19)33-17-24(31)27-21-13-11-20(26)12-14-21/h2-14H,15-17H2,1H3,(H,27,31). The summed E-state index contributed by atoms with van der Waals surface area (Å²) >= 11 is 1.29. The number of hydrogen-bond acceptors (Lipinski definition) is 5. The van der Waals surface area contributed by atoms with Crippen LogP contribution in [-0.4, -0.2) is 26.4 Å². The van der Waals surface area contributed by atoms with Gasteiger partial charge in [-0.1, -0.05) is 60.3 Å². The number of anilines is 1. The van der Waals surface area contributed by atoms with E-state index in [4.69, 9.17) is 4.74 Å². The van der Waals surface area contributed by atoms with Crippen molar-refractivity contribution in [3.63, 3.8) is 0 Å². The molecule has 4 aromatic rings. The van der Waals surface area contributed by atoms with E-state index in [0.29, 0.717) is 23.2 Å². The highest BCUT2D eigenvalue weighted by Gasteiger charge is 2.16. The Balaban J connectivity index is 1.47. The molecule has 0 aliphatic rings. The third-order valence-electron chi connectivity index (χ3n) is 4.89. The van der Waals surface area contributed by atoms with Crippen molar-refractivity contribution in [3.05, 3.63) is 102 Å². The van der Waals surface area contributed by atoms with Crippen LogP contribution in [0.5, 0.6) is 5.75 Å². The van der Waals surface area contributed by atoms with Crippen LogP contribution in [0.1, 0.15) is 17.0 Å². The van der Waals surface area contributed by atoms with Crippen LogP contribution in [-0.2, 0) is 17.9 Å². The number of halogens is 1. The highest BCUT2D eigenvalue weighted by molar-refractivity contribution is 7.99. The van der Waals surface area contributed by atoms with Crippen LogP contribution in [0.3, 0.4) is 0 Å². The van der Waals surface area contributed by atoms with Crippen LogP contribution in [0.2, 0.25) is 0 Å². The van der Waals surface area contributed by atoms with Crippen molar-refractivity contribution in [3.8, 4) is 5.75 Å². The van der Waals surface area contributed by atoms with Crippen molar-refractivity contribution in [2.75, 3.05) is 11.1 Å². The summed E-state index contributed by atoms with van der Waals surface area (Å²) in [5, 5.41) is 12.0. The first-order chi connectivity index (χ1) is 16.1. The Labute approximate surface area is 195 Å². The molecule has 0 unspecified atom stereocenters. The molecule has 33 heavy (non-hydrogen) atoms. The van der Waals surface area contributed by atoms with Crippen LogP contribution >= 0.6 is 11.8 Å². The van der Waals surface area contributed by atoms with Crippen molar-refractivity contribution in [2.45, 2.75) is 25.2 Å². The molecule has 0 fully saturated rings. The minimum absolute atomic E-state index is 0.142. The van der Waals surface area contributed by atoms with Gasteiger partial charge in [-0.05, 0) is 48.4 Å². The summed E-state index contributed by atoms with van der Waals surface area (Å²) in [7, 11) is 0. The van der Waals surface area contributed by atoms with Gasteiger partial charge < -0.3 is 10.1 Å². The number of ether oxygens (including phenoxy) is 1. The largest absolute Gasteiger partial charge is 0.485 e. The predicted molar refractivity (Wildman–Crippen MR) is 127 cm³/mol. The molecule has 0 bridgehead atoms. The Bertz CT molecular complexity index is 1210. The Morgan fingerprint density at radius 1 is 1.00 bits per heavy atom. The molecule has 1 amide bonds. The first-order valence-electron chi connectivity index (χ1n) is 10.4. The first-order valence-corrected chi connectivity index (χ1v) is 11.4. The third-order valence-corrected chi connectivity index (χ3v) is 5.85. The van der Waals surface area contributed by atoms with E-state index in [2.05, 4.69) is 15.5 Å². The van der Waals surface area contributed by atoms with E-state index < -0.39 is 0 Å². The van der Waals surface area contributed by atoms with Gasteiger partial charge in [-0.3, -0.25) is 9.36 Å². The number of benzene rings is 3. The summed E-state index contributed by atoms with van der Waals surface area (Å²) in [6, 6.07) is 23.4. The van der Waals surface area contributed by atoms with E-state index in [-0.39, 0.29) is 24.1 Å². The molecule has 0 radical (unpaired) electrons. The number of nitrogens with one attached hydrogen (secondary N) is 1. The number of carbonyl (C=O) groups is 1. The van der Waals surface area contributed by atoms with Gasteiger partial charge in [-0.2, -0.15) is 0 Å². The number of carbonyl (C=O) groups excluding carboxylic acids is 1. The number of amides is 1. The van der Waals surface area contributed by atoms with Crippen molar-refractivity contribution in [1.82, 2.24) is 14.8 Å². The van der Waals surface area contributed by atoms with E-state index in [1.807, 2.05) is 66.1 Å². The van der Waals surface area contributed by atoms with Gasteiger partial charge in [0, 0.05) is 5.69 Å². The highest BCUT2D eigenvalue weighted by Crippen LogP contribution is 2.22. The van der Waals surface area contributed by atoms with Crippen LogP contribution in [0.25, 0.3) is 0 Å². The maximum Gasteiger partial charge on any atom is 0.234 e. The molecule has 0 aliphatic carbocycles. The molecule has 1 aromatic heterocycles. The molecule has 0 atom stereocenters. The van der Waals surface area contributed by atoms with E-state index in [0.717, 1.165) is 16.9 Å². The summed E-state index contributed by atoms with van der Waals surface area (Å²) in [5.74, 6) is 1.04. The second-order valence-electron chi connectivity index (χ2n) is 7.37. The lowest BCUT2D eigenvalue weighted by molar-refractivity contribution is -0.113. The number of thioether (sulfide) groups is 1. The lowest BCUT2D eigenvalue weighted by atomic mass is 10.2. The zero-order valence-electron chi connectivity index (χ0n) is 18.1. The summed E-state index contributed by atoms with van der Waals surface area (Å²) in [6.07, 6.45) is 0. The van der Waals surface area contributed by atoms with Crippen LogP contribution in [0, 0.1) is 12.7 Å². The van der Waals surface area contributed by atoms with Gasteiger partial charge in [0.25, 0.3) is 0 Å². The molecule has 0 saturated heterocycles. The van der Waals surface area contributed by atoms with Crippen LogP contribution in [0.15, 0.2) is 84.0 Å². The lowest BCUT2D eigenvalue weighted by Crippen LogP contribution is -2.15. The fraction of sp³-hybridized carbons (Fsp3) is 0.160. The van der Waals surface area contributed by atoms with Crippen molar-refractivity contribution >= 4 is 23.4 Å². The highest BCUT2D eigenvalue weighted by atomic mass is 32.2. The van der Waals surface area contributed by atoms with Crippen molar-refractivity contribution in [1.29, 1.82) is 0 Å². The second-order valence-corrected chi connectivity index (χ2v) is 8.31. The summed E-state index contributed by atoms with van der Waals surface area (Å²) in [4.78, 5) is 12.4. The summed E-state index contributed by atoms with van der Waals surface area (Å²) < 4.78 is 21.0. The van der Waals surface area contributed by atoms with Gasteiger partial charge in [0.2, 0.25) is 5.91 Å². The molecule has 0 spiro atoms. The normalized spacial score (nSPS) is 10.7. The topological polar surface area (TPSA) is 69.0 Å². The number of para-hydroxylation sites is 1. The van der Waals surface area contributed by atoms with Gasteiger partial charge in [0.15, 0.2) is 11.0 Å². The molecule has 3 aromatic carbocycles. The Morgan fingerprint density at radius 3 is 2.48 bits per heavy atom. The molecular weight excluding hydrogens is 439 g/mol. The monoisotopic (exact) mass is 462 g/mol. The summed E-state index contributed by atoms with van der Waals surface area (Å²) in [6.45, 7) is 2.81. The molecule has 1 N–H and O–H groups in total. The van der Waals surface area contributed by atoms with E-state index in [1.165, 1.54) is 36.0 Å². The Kier molecular flexibility index (Phi) is 7.36. The van der Waals surface area contributed by atoms with E-state index >= 15 is 0 Å². The number of aryl methyl sites for hydroxylation is 1. The fourth-order valence-electron chi connectivity index (χ4n) is 3.18. The quantitative estimate of drug-likeness (QED) is 0.351. The molecular formula is C25H23FN4O2S. The van der Waals surface area contributed by atoms with E-state index in [9.17, 15) is 9.18 Å². The van der Waals surface area contributed by atoms with Gasteiger partial charge >= 0.3 is 0 Å². The first kappa shape index (κ1) is 22.5. The van der Waals surface area contributed by atoms with Crippen molar-refractivity contribution < 1.29 is 13.9 Å². The number of nitrogens with zero attached hydrogens (tertiary/aromatic N) is 3. The minimum atomic E-state index is -0.350. The van der Waals surface area contributed by atoms with Gasteiger partial charge in [0.1, 0.15) is 18.2 Å². The fourth-order valence-corrected chi connectivity index (χ4v) is 3.94. The van der Waals surface area contributed by atoms with Gasteiger partial charge in [-0.15, -0.1) is 10.2 Å². The number of aromatic nitrogens is 3. The molecule has 0 aliphatic heterocycles. The summed E-state index contributed by atoms with van der Waals surface area (Å²) in [5.41, 5.74) is 2.67. The van der Waals surface area contributed by atoms with Gasteiger partial charge in [-0.25, -0.2) is 4.39 Å². The molecule has 168 valence electrons. The number of rotatable bonds is 9. The van der Waals surface area contributed by atoms with Crippen molar-refractivity contribution in [2.24, 2.45) is 0 Å². The smallest absolute Gasteiger partial charge is 0.234 e. The van der Waals surface area contributed by atoms with E-state index in [1.54, 1.807) is 0 Å². The SMILES string of the molecule is Cc1ccccc1OCc1nnc(SCC(=O)Nc2ccc(F)cc2)n1Cc1ccccc1. The molecule has 8 heteroatoms. The molecule has 6 nitrogen and oxygen atoms in total. The Morgan fingerprint density at radius 2 is 1.73 bits per heavy atom. The average molecular weight is 463 g/mol. The molecule has 4 rings (SSSR count). The maximum atomic E-state index is 13.1. The van der Waals surface area contributed by atoms with Crippen LogP contribution in [0.4, 0.5) is 10.1 Å². The minimum Gasteiger partial charge on any atom is -0.485 e. The lowest BCUT2D eigenvalue weighted by Gasteiger charge is -2.12. The maximum absolute atomic E-state index is 13.1. The Hall–Kier alpha value is -3.65. The zero-order valence-corrected chi connectivity index (χ0v) is 18.9. The third kappa shape index (κ3) is 6.20. The van der Waals surface area contributed by atoms with Gasteiger partial charge in [0.05, 0.1) is 12.3 Å². The molecule has 0 saturated carbocycles.